The molecule has 1 aliphatic rings. The van der Waals surface area contributed by atoms with E-state index in [4.69, 9.17) is 22.7 Å². The third-order valence-electron chi connectivity index (χ3n) is 3.62. The minimum absolute atomic E-state index is 0.153. The zero-order valence-corrected chi connectivity index (χ0v) is 13.6. The average Bonchev–Trinajstić information content (AvgIpc) is 2.43. The van der Waals surface area contributed by atoms with Gasteiger partial charge < -0.3 is 15.8 Å². The smallest absolute Gasteiger partial charge is 0.237 e. The number of thiocarbonyl (C=S) groups is 1. The third kappa shape index (κ3) is 3.02. The van der Waals surface area contributed by atoms with Crippen LogP contribution in [0.25, 0.3) is 0 Å². The first-order valence-corrected chi connectivity index (χ1v) is 7.61. The number of rotatable bonds is 3. The van der Waals surface area contributed by atoms with Crippen molar-refractivity contribution in [2.45, 2.75) is 19.8 Å². The van der Waals surface area contributed by atoms with Gasteiger partial charge >= 0.3 is 0 Å². The minimum Gasteiger partial charge on any atom is -0.392 e. The lowest BCUT2D eigenvalue weighted by molar-refractivity contribution is -0.126. The first-order valence-electron chi connectivity index (χ1n) is 6.41. The van der Waals surface area contributed by atoms with E-state index in [9.17, 15) is 4.79 Å². The van der Waals surface area contributed by atoms with Gasteiger partial charge in [0, 0.05) is 17.7 Å². The van der Waals surface area contributed by atoms with Crippen LogP contribution in [0, 0.1) is 12.3 Å². The van der Waals surface area contributed by atoms with Gasteiger partial charge in [-0.15, -0.1) is 0 Å². The number of benzene rings is 1. The molecule has 1 amide bonds. The van der Waals surface area contributed by atoms with E-state index in [2.05, 4.69) is 21.2 Å². The number of hydrogen-bond acceptors (Lipinski definition) is 3. The second kappa shape index (κ2) is 6.20. The van der Waals surface area contributed by atoms with Crippen molar-refractivity contribution in [3.63, 3.8) is 0 Å². The van der Waals surface area contributed by atoms with Crippen molar-refractivity contribution in [3.05, 3.63) is 28.2 Å². The summed E-state index contributed by atoms with van der Waals surface area (Å²) in [4.78, 5) is 12.9. The van der Waals surface area contributed by atoms with Crippen LogP contribution in [-0.2, 0) is 9.53 Å². The van der Waals surface area contributed by atoms with Crippen LogP contribution in [-0.4, -0.2) is 24.1 Å². The highest BCUT2D eigenvalue weighted by molar-refractivity contribution is 9.10. The SMILES string of the molecule is Cc1ccc(Br)c(NC(=O)C2(C(N)=S)CCOCC2)c1. The molecule has 0 bridgehead atoms. The number of amides is 1. The summed E-state index contributed by atoms with van der Waals surface area (Å²) in [7, 11) is 0. The Bertz CT molecular complexity index is 542. The lowest BCUT2D eigenvalue weighted by Gasteiger charge is -2.34. The van der Waals surface area contributed by atoms with Crippen molar-refractivity contribution in [2.75, 3.05) is 18.5 Å². The maximum atomic E-state index is 12.6. The molecule has 1 aliphatic heterocycles. The molecule has 108 valence electrons. The first kappa shape index (κ1) is 15.4. The molecule has 1 saturated heterocycles. The summed E-state index contributed by atoms with van der Waals surface area (Å²) in [5.41, 5.74) is 6.82. The highest BCUT2D eigenvalue weighted by atomic mass is 79.9. The van der Waals surface area contributed by atoms with Gasteiger partial charge in [0.1, 0.15) is 5.41 Å². The van der Waals surface area contributed by atoms with Crippen molar-refractivity contribution in [3.8, 4) is 0 Å². The van der Waals surface area contributed by atoms with Gasteiger partial charge in [-0.1, -0.05) is 18.3 Å². The highest BCUT2D eigenvalue weighted by Crippen LogP contribution is 2.34. The summed E-state index contributed by atoms with van der Waals surface area (Å²) in [5, 5.41) is 2.93. The van der Waals surface area contributed by atoms with Crippen LogP contribution in [0.15, 0.2) is 22.7 Å². The van der Waals surface area contributed by atoms with E-state index in [0.717, 1.165) is 15.7 Å². The Kier molecular flexibility index (Phi) is 4.78. The predicted molar refractivity (Wildman–Crippen MR) is 86.8 cm³/mol. The Morgan fingerprint density at radius 3 is 2.70 bits per heavy atom. The fourth-order valence-electron chi connectivity index (χ4n) is 2.28. The maximum Gasteiger partial charge on any atom is 0.237 e. The summed E-state index contributed by atoms with van der Waals surface area (Å²) in [6, 6.07) is 5.79. The van der Waals surface area contributed by atoms with Gasteiger partial charge in [-0.3, -0.25) is 4.79 Å². The second-order valence-electron chi connectivity index (χ2n) is 5.00. The van der Waals surface area contributed by atoms with Crippen LogP contribution in [0.4, 0.5) is 5.69 Å². The van der Waals surface area contributed by atoms with Crippen molar-refractivity contribution < 1.29 is 9.53 Å². The van der Waals surface area contributed by atoms with Crippen LogP contribution in [0.5, 0.6) is 0 Å². The lowest BCUT2D eigenvalue weighted by Crippen LogP contribution is -2.49. The van der Waals surface area contributed by atoms with Gasteiger partial charge in [0.15, 0.2) is 0 Å². The molecule has 0 atom stereocenters. The van der Waals surface area contributed by atoms with Gasteiger partial charge in [0.25, 0.3) is 0 Å². The van der Waals surface area contributed by atoms with Crippen LogP contribution < -0.4 is 11.1 Å². The number of aryl methyl sites for hydroxylation is 1. The van der Waals surface area contributed by atoms with Gasteiger partial charge in [-0.25, -0.2) is 0 Å². The number of halogens is 1. The number of carbonyl (C=O) groups is 1. The van der Waals surface area contributed by atoms with Crippen LogP contribution in [0.3, 0.4) is 0 Å². The molecule has 1 fully saturated rings. The fraction of sp³-hybridized carbons (Fsp3) is 0.429. The van der Waals surface area contributed by atoms with Crippen molar-refractivity contribution in [1.82, 2.24) is 0 Å². The van der Waals surface area contributed by atoms with E-state index in [-0.39, 0.29) is 10.9 Å². The lowest BCUT2D eigenvalue weighted by atomic mass is 9.79. The Morgan fingerprint density at radius 2 is 2.10 bits per heavy atom. The quantitative estimate of drug-likeness (QED) is 0.817. The average molecular weight is 357 g/mol. The maximum absolute atomic E-state index is 12.6. The molecule has 6 heteroatoms. The number of anilines is 1. The standard InChI is InChI=1S/C14H17BrN2O2S/c1-9-2-3-10(15)11(8-9)17-13(18)14(12(16)20)4-6-19-7-5-14/h2-3,8H,4-7H2,1H3,(H2,16,20)(H,17,18). The molecule has 0 aliphatic carbocycles. The molecule has 0 spiro atoms. The van der Waals surface area contributed by atoms with Crippen LogP contribution in [0.1, 0.15) is 18.4 Å². The van der Waals surface area contributed by atoms with Gasteiger partial charge in [-0.05, 0) is 53.4 Å². The number of nitrogens with one attached hydrogen (secondary N) is 1. The minimum atomic E-state index is -0.809. The topological polar surface area (TPSA) is 64.4 Å². The molecule has 0 unspecified atom stereocenters. The molecule has 0 saturated carbocycles. The second-order valence-corrected chi connectivity index (χ2v) is 6.29. The first-order chi connectivity index (χ1) is 9.45. The summed E-state index contributed by atoms with van der Waals surface area (Å²) < 4.78 is 6.15. The van der Waals surface area contributed by atoms with Gasteiger partial charge in [0.05, 0.1) is 10.7 Å². The van der Waals surface area contributed by atoms with Crippen LogP contribution in [0.2, 0.25) is 0 Å². The number of carbonyl (C=O) groups excluding carboxylic acids is 1. The highest BCUT2D eigenvalue weighted by Gasteiger charge is 2.43. The fourth-order valence-corrected chi connectivity index (χ4v) is 2.92. The third-order valence-corrected chi connectivity index (χ3v) is 4.70. The largest absolute Gasteiger partial charge is 0.392 e. The molecule has 3 N–H and O–H groups in total. The Labute approximate surface area is 132 Å². The van der Waals surface area contributed by atoms with E-state index in [1.165, 1.54) is 0 Å². The Morgan fingerprint density at radius 1 is 1.45 bits per heavy atom. The number of ether oxygens (including phenoxy) is 1. The molecule has 1 aromatic rings. The van der Waals surface area contributed by atoms with Gasteiger partial charge in [0.2, 0.25) is 5.91 Å². The summed E-state index contributed by atoms with van der Waals surface area (Å²) in [5.74, 6) is -0.153. The predicted octanol–water partition coefficient (Wildman–Crippen LogP) is 2.78. The zero-order chi connectivity index (χ0) is 14.8. The summed E-state index contributed by atoms with van der Waals surface area (Å²) in [6.45, 7) is 2.97. The van der Waals surface area contributed by atoms with E-state index in [1.54, 1.807) is 0 Å². The van der Waals surface area contributed by atoms with Crippen molar-refractivity contribution in [2.24, 2.45) is 11.1 Å². The van der Waals surface area contributed by atoms with E-state index >= 15 is 0 Å². The molecule has 0 aromatic heterocycles. The molecule has 1 heterocycles. The molecule has 2 rings (SSSR count). The monoisotopic (exact) mass is 356 g/mol. The Hall–Kier alpha value is -0.980. The molecule has 1 aromatic carbocycles. The molecule has 20 heavy (non-hydrogen) atoms. The normalized spacial score (nSPS) is 17.5. The molecule has 0 radical (unpaired) electrons. The van der Waals surface area contributed by atoms with Crippen molar-refractivity contribution >= 4 is 44.7 Å². The molecule has 4 nitrogen and oxygen atoms in total. The van der Waals surface area contributed by atoms with E-state index < -0.39 is 5.41 Å². The molecular formula is C14H17BrN2O2S. The zero-order valence-electron chi connectivity index (χ0n) is 11.2. The number of nitrogens with two attached hydrogens (primary N) is 1. The molecular weight excluding hydrogens is 340 g/mol. The number of hydrogen-bond donors (Lipinski definition) is 2. The Balaban J connectivity index is 2.25. The van der Waals surface area contributed by atoms with E-state index in [0.29, 0.717) is 26.1 Å². The van der Waals surface area contributed by atoms with Crippen LogP contribution >= 0.6 is 28.1 Å². The summed E-state index contributed by atoms with van der Waals surface area (Å²) in [6.07, 6.45) is 1.05. The van der Waals surface area contributed by atoms with Gasteiger partial charge in [-0.2, -0.15) is 0 Å². The van der Waals surface area contributed by atoms with Crippen molar-refractivity contribution in [1.29, 1.82) is 0 Å². The summed E-state index contributed by atoms with van der Waals surface area (Å²) >= 11 is 8.56. The van der Waals surface area contributed by atoms with E-state index in [1.807, 2.05) is 25.1 Å².